The van der Waals surface area contributed by atoms with Crippen LogP contribution in [0.1, 0.15) is 10.5 Å². The molecule has 0 fully saturated rings. The summed E-state index contributed by atoms with van der Waals surface area (Å²) in [7, 11) is 2.82. The summed E-state index contributed by atoms with van der Waals surface area (Å²) in [6, 6.07) is 4.17. The van der Waals surface area contributed by atoms with Gasteiger partial charge in [-0.2, -0.15) is 0 Å². The summed E-state index contributed by atoms with van der Waals surface area (Å²) >= 11 is 0. The number of hydrogen-bond acceptors (Lipinski definition) is 6. The molecule has 0 aliphatic heterocycles. The van der Waals surface area contributed by atoms with E-state index in [1.165, 1.54) is 26.4 Å². The van der Waals surface area contributed by atoms with E-state index in [9.17, 15) is 9.90 Å². The molecule has 100 valence electrons. The number of carbonyl (C=O) groups is 1. The maximum absolute atomic E-state index is 10.7. The Labute approximate surface area is 108 Å². The van der Waals surface area contributed by atoms with Crippen LogP contribution in [-0.4, -0.2) is 35.6 Å². The number of methoxy groups -OCH3 is 2. The van der Waals surface area contributed by atoms with Crippen LogP contribution in [0.25, 0.3) is 11.3 Å². The number of hydrogen-bond donors (Lipinski definition) is 2. The minimum absolute atomic E-state index is 0.148. The van der Waals surface area contributed by atoms with Crippen LogP contribution in [0.15, 0.2) is 22.7 Å². The Hall–Kier alpha value is -2.70. The Kier molecular flexibility index (Phi) is 3.28. The van der Waals surface area contributed by atoms with E-state index in [1.54, 1.807) is 6.07 Å². The van der Waals surface area contributed by atoms with Gasteiger partial charge in [0.1, 0.15) is 0 Å². The maximum atomic E-state index is 10.7. The first-order valence-corrected chi connectivity index (χ1v) is 5.22. The summed E-state index contributed by atoms with van der Waals surface area (Å²) in [5, 5.41) is 22.0. The number of phenolic OH excluding ortho intramolecular Hbond substituents is 1. The Morgan fingerprint density at radius 2 is 2.00 bits per heavy atom. The summed E-state index contributed by atoms with van der Waals surface area (Å²) in [5.41, 5.74) is 0.208. The van der Waals surface area contributed by atoms with Gasteiger partial charge in [0.2, 0.25) is 5.75 Å². The van der Waals surface area contributed by atoms with Crippen LogP contribution in [-0.2, 0) is 0 Å². The molecule has 0 bridgehead atoms. The molecular weight excluding hydrogens is 254 g/mol. The third-order valence-corrected chi connectivity index (χ3v) is 2.47. The molecule has 0 saturated carbocycles. The van der Waals surface area contributed by atoms with Gasteiger partial charge >= 0.3 is 5.97 Å². The molecule has 1 aromatic carbocycles. The molecule has 19 heavy (non-hydrogen) atoms. The first kappa shape index (κ1) is 12.7. The Balaban J connectivity index is 2.50. The summed E-state index contributed by atoms with van der Waals surface area (Å²) in [4.78, 5) is 10.7. The lowest BCUT2D eigenvalue weighted by molar-refractivity contribution is 0.0686. The molecule has 1 heterocycles. The van der Waals surface area contributed by atoms with Crippen LogP contribution in [0.2, 0.25) is 0 Å². The average Bonchev–Trinajstić information content (AvgIpc) is 2.87. The van der Waals surface area contributed by atoms with Crippen LogP contribution < -0.4 is 9.47 Å². The predicted octanol–water partition coefficient (Wildman–Crippen LogP) is 1.76. The molecule has 2 rings (SSSR count). The van der Waals surface area contributed by atoms with E-state index in [2.05, 4.69) is 5.16 Å². The summed E-state index contributed by atoms with van der Waals surface area (Å²) in [6.45, 7) is 0. The lowest BCUT2D eigenvalue weighted by Gasteiger charge is -2.10. The fourth-order valence-electron chi connectivity index (χ4n) is 1.60. The van der Waals surface area contributed by atoms with E-state index in [-0.39, 0.29) is 23.0 Å². The fourth-order valence-corrected chi connectivity index (χ4v) is 1.60. The van der Waals surface area contributed by atoms with E-state index in [0.717, 1.165) is 0 Å². The molecule has 0 amide bonds. The van der Waals surface area contributed by atoms with Gasteiger partial charge in [-0.25, -0.2) is 4.79 Å². The van der Waals surface area contributed by atoms with Gasteiger partial charge in [0, 0.05) is 11.6 Å². The number of aromatic hydroxyl groups is 1. The predicted molar refractivity (Wildman–Crippen MR) is 63.7 cm³/mol. The monoisotopic (exact) mass is 265 g/mol. The van der Waals surface area contributed by atoms with E-state index >= 15 is 0 Å². The molecule has 0 spiro atoms. The number of nitrogens with zero attached hydrogens (tertiary/aromatic N) is 1. The van der Waals surface area contributed by atoms with Crippen molar-refractivity contribution in [1.29, 1.82) is 0 Å². The summed E-state index contributed by atoms with van der Waals surface area (Å²) in [6.07, 6.45) is 0. The topological polar surface area (TPSA) is 102 Å². The normalized spacial score (nSPS) is 10.2. The second-order valence-electron chi connectivity index (χ2n) is 3.61. The molecule has 0 atom stereocenters. The number of aromatic nitrogens is 1. The van der Waals surface area contributed by atoms with Gasteiger partial charge in [-0.1, -0.05) is 5.16 Å². The smallest absolute Gasteiger partial charge is 0.358 e. The summed E-state index contributed by atoms with van der Waals surface area (Å²) < 4.78 is 15.0. The number of rotatable bonds is 4. The van der Waals surface area contributed by atoms with Crippen molar-refractivity contribution in [3.8, 4) is 28.6 Å². The number of carboxylic acid groups (broad SMARTS) is 1. The number of phenols is 1. The highest BCUT2D eigenvalue weighted by molar-refractivity contribution is 5.86. The summed E-state index contributed by atoms with van der Waals surface area (Å²) in [5.74, 6) is -0.659. The third kappa shape index (κ3) is 2.30. The second kappa shape index (κ2) is 4.89. The van der Waals surface area contributed by atoms with Crippen molar-refractivity contribution in [2.75, 3.05) is 14.2 Å². The molecule has 0 unspecified atom stereocenters. The fraction of sp³-hybridized carbons (Fsp3) is 0.167. The van der Waals surface area contributed by atoms with Gasteiger partial charge in [-0.15, -0.1) is 0 Å². The molecule has 2 N–H and O–H groups in total. The van der Waals surface area contributed by atoms with Crippen LogP contribution in [0.3, 0.4) is 0 Å². The molecule has 0 radical (unpaired) electrons. The zero-order chi connectivity index (χ0) is 14.0. The van der Waals surface area contributed by atoms with Crippen molar-refractivity contribution < 1.29 is 29.0 Å². The SMILES string of the molecule is COc1cc(-c2cc(C(=O)O)no2)cc(O)c1OC. The quantitative estimate of drug-likeness (QED) is 0.868. The van der Waals surface area contributed by atoms with Gasteiger partial charge in [0.05, 0.1) is 14.2 Å². The van der Waals surface area contributed by atoms with Crippen LogP contribution in [0, 0.1) is 0 Å². The molecule has 1 aromatic heterocycles. The first-order valence-electron chi connectivity index (χ1n) is 5.22. The van der Waals surface area contributed by atoms with Gasteiger partial charge in [0.25, 0.3) is 0 Å². The lowest BCUT2D eigenvalue weighted by Crippen LogP contribution is -1.94. The van der Waals surface area contributed by atoms with E-state index in [0.29, 0.717) is 11.3 Å². The molecule has 0 aliphatic rings. The molecular formula is C12H11NO6. The molecule has 0 aliphatic carbocycles. The van der Waals surface area contributed by atoms with Crippen molar-refractivity contribution in [2.45, 2.75) is 0 Å². The maximum Gasteiger partial charge on any atom is 0.358 e. The van der Waals surface area contributed by atoms with Gasteiger partial charge in [-0.05, 0) is 12.1 Å². The highest BCUT2D eigenvalue weighted by Gasteiger charge is 2.17. The standard InChI is InChI=1S/C12H11NO6/c1-17-10-4-6(3-8(14)11(10)18-2)9-5-7(12(15)16)13-19-9/h3-5,14H,1-2H3,(H,15,16). The molecule has 7 nitrogen and oxygen atoms in total. The van der Waals surface area contributed by atoms with E-state index in [4.69, 9.17) is 19.1 Å². The van der Waals surface area contributed by atoms with Crippen molar-refractivity contribution >= 4 is 5.97 Å². The lowest BCUT2D eigenvalue weighted by atomic mass is 10.1. The molecule has 7 heteroatoms. The highest BCUT2D eigenvalue weighted by Crippen LogP contribution is 2.40. The molecule has 0 saturated heterocycles. The molecule has 2 aromatic rings. The Morgan fingerprint density at radius 3 is 2.53 bits per heavy atom. The van der Waals surface area contributed by atoms with E-state index < -0.39 is 5.97 Å². The second-order valence-corrected chi connectivity index (χ2v) is 3.61. The van der Waals surface area contributed by atoms with Crippen LogP contribution in [0.4, 0.5) is 0 Å². The highest BCUT2D eigenvalue weighted by atomic mass is 16.5. The van der Waals surface area contributed by atoms with E-state index in [1.807, 2.05) is 0 Å². The largest absolute Gasteiger partial charge is 0.504 e. The van der Waals surface area contributed by atoms with Crippen LogP contribution >= 0.6 is 0 Å². The van der Waals surface area contributed by atoms with Gasteiger partial charge in [-0.3, -0.25) is 0 Å². The number of benzene rings is 1. The first-order chi connectivity index (χ1) is 9.06. The average molecular weight is 265 g/mol. The third-order valence-electron chi connectivity index (χ3n) is 2.47. The van der Waals surface area contributed by atoms with Crippen LogP contribution in [0.5, 0.6) is 17.2 Å². The van der Waals surface area contributed by atoms with Crippen molar-refractivity contribution in [1.82, 2.24) is 5.16 Å². The Bertz CT molecular complexity index is 619. The zero-order valence-electron chi connectivity index (χ0n) is 10.2. The zero-order valence-corrected chi connectivity index (χ0v) is 10.2. The minimum Gasteiger partial charge on any atom is -0.504 e. The van der Waals surface area contributed by atoms with Crippen molar-refractivity contribution in [2.24, 2.45) is 0 Å². The minimum atomic E-state index is -1.19. The number of aromatic carboxylic acids is 1. The number of carboxylic acids is 1. The van der Waals surface area contributed by atoms with Gasteiger partial charge in [0.15, 0.2) is 23.0 Å². The Morgan fingerprint density at radius 1 is 1.26 bits per heavy atom. The van der Waals surface area contributed by atoms with Crippen molar-refractivity contribution in [3.63, 3.8) is 0 Å². The van der Waals surface area contributed by atoms with Gasteiger partial charge < -0.3 is 24.2 Å². The number of ether oxygens (including phenoxy) is 2. The van der Waals surface area contributed by atoms with Crippen molar-refractivity contribution in [3.05, 3.63) is 23.9 Å².